The van der Waals surface area contributed by atoms with Crippen molar-refractivity contribution in [3.8, 4) is 0 Å². The first-order valence-corrected chi connectivity index (χ1v) is 10.1. The summed E-state index contributed by atoms with van der Waals surface area (Å²) in [5.41, 5.74) is 5.89. The Balaban J connectivity index is 0.000000383. The number of primary amides is 1. The standard InChI is InChI=1S/C13H15N7O5S.C2HF3O2/c14-7(21)3-19-12(16-17-18-19)26-4-6-5-1-2-15-8-9(5)20(10(8)22)11(6)25-13(23)24;3-2(4,5)1(6)7/h5,8-9,15H,1-4H2,(H2,14,21)(H,23,24);(H,6,7)/t5?,8-,9+;/m0./s1. The van der Waals surface area contributed by atoms with Crippen molar-refractivity contribution in [3.63, 3.8) is 0 Å². The van der Waals surface area contributed by atoms with Gasteiger partial charge in [0.05, 0.1) is 6.04 Å². The lowest BCUT2D eigenvalue weighted by Crippen LogP contribution is -2.71. The van der Waals surface area contributed by atoms with Gasteiger partial charge in [-0.15, -0.1) is 5.10 Å². The fraction of sp³-hybridized carbons (Fsp3) is 0.533. The third-order valence-corrected chi connectivity index (χ3v) is 5.91. The van der Waals surface area contributed by atoms with Crippen molar-refractivity contribution in [2.75, 3.05) is 12.3 Å². The Morgan fingerprint density at radius 1 is 1.30 bits per heavy atom. The summed E-state index contributed by atoms with van der Waals surface area (Å²) in [6.07, 6.45) is -5.79. The first kappa shape index (κ1) is 24.2. The van der Waals surface area contributed by atoms with Gasteiger partial charge < -0.3 is 26.0 Å². The molecule has 0 aliphatic carbocycles. The molecule has 180 valence electrons. The molecule has 14 nitrogen and oxygen atoms in total. The number of carboxylic acids is 1. The molecule has 33 heavy (non-hydrogen) atoms. The molecule has 3 aliphatic heterocycles. The number of thioether (sulfide) groups is 1. The maximum Gasteiger partial charge on any atom is 0.512 e. The molecule has 0 spiro atoms. The van der Waals surface area contributed by atoms with Crippen molar-refractivity contribution >= 4 is 35.7 Å². The number of nitrogens with two attached hydrogens (primary N) is 1. The Hall–Kier alpha value is -3.41. The number of tetrazole rings is 1. The zero-order valence-electron chi connectivity index (χ0n) is 16.4. The van der Waals surface area contributed by atoms with Crippen LogP contribution in [0, 0.1) is 5.92 Å². The number of hydrogen-bond acceptors (Lipinski definition) is 10. The van der Waals surface area contributed by atoms with Gasteiger partial charge in [0, 0.05) is 17.2 Å². The van der Waals surface area contributed by atoms with Crippen molar-refractivity contribution in [1.29, 1.82) is 0 Å². The second kappa shape index (κ2) is 9.22. The van der Waals surface area contributed by atoms with Gasteiger partial charge in [-0.3, -0.25) is 14.5 Å². The predicted molar refractivity (Wildman–Crippen MR) is 98.1 cm³/mol. The van der Waals surface area contributed by atoms with Crippen LogP contribution in [0.15, 0.2) is 16.6 Å². The van der Waals surface area contributed by atoms with E-state index in [0.717, 1.165) is 12.0 Å². The number of amides is 2. The van der Waals surface area contributed by atoms with E-state index < -0.39 is 24.2 Å². The van der Waals surface area contributed by atoms with Gasteiger partial charge in [-0.05, 0) is 23.4 Å². The summed E-state index contributed by atoms with van der Waals surface area (Å²) in [6, 6.07) is -0.424. The van der Waals surface area contributed by atoms with Crippen LogP contribution >= 0.6 is 11.8 Å². The molecular formula is C15H16F3N7O7S. The minimum Gasteiger partial charge on any atom is -0.475 e. The molecule has 4 heterocycles. The van der Waals surface area contributed by atoms with E-state index in [9.17, 15) is 27.6 Å². The van der Waals surface area contributed by atoms with E-state index in [1.807, 2.05) is 0 Å². The number of rotatable bonds is 6. The molecule has 2 saturated heterocycles. The van der Waals surface area contributed by atoms with Gasteiger partial charge in [0.15, 0.2) is 0 Å². The van der Waals surface area contributed by atoms with Crippen molar-refractivity contribution in [3.05, 3.63) is 11.5 Å². The molecule has 18 heteroatoms. The molecule has 2 fully saturated rings. The highest BCUT2D eigenvalue weighted by Gasteiger charge is 2.60. The monoisotopic (exact) mass is 495 g/mol. The fourth-order valence-electron chi connectivity index (χ4n) is 3.68. The third kappa shape index (κ3) is 5.00. The van der Waals surface area contributed by atoms with Gasteiger partial charge in [0.1, 0.15) is 12.6 Å². The fourth-order valence-corrected chi connectivity index (χ4v) is 4.65. The number of carbonyl (C=O) groups excluding carboxylic acids is 2. The Labute approximate surface area is 185 Å². The average Bonchev–Trinajstić information content (AvgIpc) is 3.25. The molecular weight excluding hydrogens is 479 g/mol. The second-order valence-corrected chi connectivity index (χ2v) is 7.84. The molecule has 1 aromatic rings. The molecule has 5 N–H and O–H groups in total. The summed E-state index contributed by atoms with van der Waals surface area (Å²) in [4.78, 5) is 44.7. The summed E-state index contributed by atoms with van der Waals surface area (Å²) in [5.74, 6) is -3.09. The molecule has 1 unspecified atom stereocenters. The number of nitrogens with one attached hydrogen (secondary N) is 1. The zero-order chi connectivity index (χ0) is 24.5. The van der Waals surface area contributed by atoms with E-state index in [0.29, 0.717) is 17.5 Å². The highest BCUT2D eigenvalue weighted by atomic mass is 32.2. The van der Waals surface area contributed by atoms with Crippen molar-refractivity contribution in [2.45, 2.75) is 36.4 Å². The molecule has 3 atom stereocenters. The smallest absolute Gasteiger partial charge is 0.475 e. The Morgan fingerprint density at radius 2 is 1.97 bits per heavy atom. The van der Waals surface area contributed by atoms with Crippen molar-refractivity contribution in [1.82, 2.24) is 30.4 Å². The predicted octanol–water partition coefficient (Wildman–Crippen LogP) is -1.01. The number of carboxylic acid groups (broad SMARTS) is 2. The van der Waals surface area contributed by atoms with Crippen LogP contribution in [0.5, 0.6) is 0 Å². The maximum atomic E-state index is 12.3. The van der Waals surface area contributed by atoms with Crippen LogP contribution in [0.4, 0.5) is 18.0 Å². The molecule has 0 bridgehead atoms. The van der Waals surface area contributed by atoms with E-state index >= 15 is 0 Å². The van der Waals surface area contributed by atoms with E-state index in [2.05, 4.69) is 20.8 Å². The number of alkyl halides is 3. The van der Waals surface area contributed by atoms with Gasteiger partial charge >= 0.3 is 18.3 Å². The van der Waals surface area contributed by atoms with Gasteiger partial charge in [-0.1, -0.05) is 11.8 Å². The van der Waals surface area contributed by atoms with Crippen LogP contribution in [-0.4, -0.2) is 89.8 Å². The van der Waals surface area contributed by atoms with Gasteiger partial charge in [-0.25, -0.2) is 14.3 Å². The molecule has 4 rings (SSSR count). The molecule has 3 aliphatic rings. The summed E-state index contributed by atoms with van der Waals surface area (Å²) in [5, 5.41) is 30.8. The van der Waals surface area contributed by atoms with Crippen LogP contribution in [0.2, 0.25) is 0 Å². The average molecular weight is 495 g/mol. The zero-order valence-corrected chi connectivity index (χ0v) is 17.2. The van der Waals surface area contributed by atoms with Gasteiger partial charge in [0.25, 0.3) is 0 Å². The summed E-state index contributed by atoms with van der Waals surface area (Å²) >= 11 is 1.23. The van der Waals surface area contributed by atoms with E-state index in [1.54, 1.807) is 0 Å². The number of nitrogens with zero attached hydrogens (tertiary/aromatic N) is 5. The second-order valence-electron chi connectivity index (χ2n) is 6.90. The third-order valence-electron chi connectivity index (χ3n) is 4.90. The number of carbonyl (C=O) groups is 4. The Morgan fingerprint density at radius 3 is 2.55 bits per heavy atom. The number of hydrogen-bond donors (Lipinski definition) is 4. The van der Waals surface area contributed by atoms with Crippen molar-refractivity contribution in [2.24, 2.45) is 11.7 Å². The minimum absolute atomic E-state index is 0.0151. The van der Waals surface area contributed by atoms with Crippen LogP contribution in [-0.2, 0) is 25.7 Å². The Bertz CT molecular complexity index is 1010. The topological polar surface area (TPSA) is 203 Å². The molecule has 0 saturated carbocycles. The van der Waals surface area contributed by atoms with Crippen LogP contribution in [0.3, 0.4) is 0 Å². The summed E-state index contributed by atoms with van der Waals surface area (Å²) < 4.78 is 37.9. The number of piperidine rings is 1. The lowest BCUT2D eigenvalue weighted by Gasteiger charge is -2.48. The normalized spacial score (nSPS) is 23.3. The van der Waals surface area contributed by atoms with E-state index in [-0.39, 0.29) is 36.3 Å². The van der Waals surface area contributed by atoms with Crippen LogP contribution < -0.4 is 11.1 Å². The van der Waals surface area contributed by atoms with Gasteiger partial charge in [0.2, 0.25) is 22.9 Å². The van der Waals surface area contributed by atoms with Gasteiger partial charge in [-0.2, -0.15) is 13.2 Å². The number of aliphatic carboxylic acids is 1. The lowest BCUT2D eigenvalue weighted by molar-refractivity contribution is -0.192. The summed E-state index contributed by atoms with van der Waals surface area (Å²) in [7, 11) is 0. The highest BCUT2D eigenvalue weighted by molar-refractivity contribution is 7.99. The molecule has 1 aromatic heterocycles. The molecule has 2 amide bonds. The Kier molecular flexibility index (Phi) is 6.77. The van der Waals surface area contributed by atoms with Crippen LogP contribution in [0.1, 0.15) is 6.42 Å². The number of halogens is 3. The van der Waals surface area contributed by atoms with Crippen molar-refractivity contribution < 1.29 is 47.3 Å². The lowest BCUT2D eigenvalue weighted by atomic mass is 9.80. The quantitative estimate of drug-likeness (QED) is 0.213. The first-order valence-electron chi connectivity index (χ1n) is 9.09. The maximum absolute atomic E-state index is 12.3. The molecule has 0 radical (unpaired) electrons. The summed E-state index contributed by atoms with van der Waals surface area (Å²) in [6.45, 7) is 0.509. The minimum atomic E-state index is -5.08. The van der Waals surface area contributed by atoms with E-state index in [4.69, 9.17) is 25.5 Å². The van der Waals surface area contributed by atoms with Crippen LogP contribution in [0.25, 0.3) is 0 Å². The number of β-lactam (4-membered cyclic amide) rings is 1. The first-order chi connectivity index (χ1) is 15.4. The number of ether oxygens (including phenoxy) is 1. The highest BCUT2D eigenvalue weighted by Crippen LogP contribution is 2.47. The number of aromatic nitrogens is 4. The molecule has 0 aromatic carbocycles. The SMILES string of the molecule is NC(=O)Cn1nnnc1SCC1=C(OC(=O)O)N2C(=O)[C@H]3NCCC1[C@H]32.O=C(O)C(F)(F)F. The van der Waals surface area contributed by atoms with E-state index in [1.165, 1.54) is 21.3 Å². The largest absolute Gasteiger partial charge is 0.512 e.